The number of thiophene rings is 1. The normalized spacial score (nSPS) is 11.2. The van der Waals surface area contributed by atoms with E-state index in [1.165, 1.54) is 27.7 Å². The highest BCUT2D eigenvalue weighted by Crippen LogP contribution is 2.23. The monoisotopic (exact) mass is 439 g/mol. The van der Waals surface area contributed by atoms with Crippen molar-refractivity contribution in [2.45, 2.75) is 11.7 Å². The summed E-state index contributed by atoms with van der Waals surface area (Å²) in [5, 5.41) is 4.60. The zero-order valence-corrected chi connectivity index (χ0v) is 18.5. The van der Waals surface area contributed by atoms with Gasteiger partial charge in [0.25, 0.3) is 5.56 Å². The molecular formula is C22H21N3O3S2. The van der Waals surface area contributed by atoms with E-state index in [1.54, 1.807) is 26.1 Å². The Morgan fingerprint density at radius 1 is 1.20 bits per heavy atom. The molecule has 2 aromatic heterocycles. The highest BCUT2D eigenvalue weighted by atomic mass is 32.2. The lowest BCUT2D eigenvalue weighted by Gasteiger charge is -2.18. The van der Waals surface area contributed by atoms with Crippen molar-refractivity contribution in [3.63, 3.8) is 0 Å². The van der Waals surface area contributed by atoms with Gasteiger partial charge in [-0.25, -0.2) is 4.98 Å². The summed E-state index contributed by atoms with van der Waals surface area (Å²) in [5.41, 5.74) is 1.66. The van der Waals surface area contributed by atoms with Crippen LogP contribution in [-0.4, -0.2) is 40.3 Å². The van der Waals surface area contributed by atoms with Gasteiger partial charge < -0.3 is 9.64 Å². The Kier molecular flexibility index (Phi) is 5.78. The molecule has 1 amide bonds. The first-order valence-electron chi connectivity index (χ1n) is 9.34. The van der Waals surface area contributed by atoms with Crippen LogP contribution in [-0.2, 0) is 18.4 Å². The largest absolute Gasteiger partial charge is 0.497 e. The number of aromatic nitrogens is 2. The molecule has 0 saturated carbocycles. The molecular weight excluding hydrogens is 418 g/mol. The molecule has 2 heterocycles. The molecule has 154 valence electrons. The Bertz CT molecular complexity index is 1300. The summed E-state index contributed by atoms with van der Waals surface area (Å²) >= 11 is 2.67. The minimum atomic E-state index is -0.0777. The third-order valence-electron chi connectivity index (χ3n) is 4.93. The standard InChI is InChI=1S/C22H21N3O3S2/c1-24(12-14-4-5-16-11-17(28-3)7-6-15(16)10-14)19(26)13-30-22-23-18-8-9-29-20(18)21(27)25(22)2/h4-11H,12-13H2,1-3H3. The van der Waals surface area contributed by atoms with E-state index in [0.717, 1.165) is 22.1 Å². The minimum Gasteiger partial charge on any atom is -0.497 e. The summed E-state index contributed by atoms with van der Waals surface area (Å²) in [7, 11) is 5.13. The molecule has 0 radical (unpaired) electrons. The molecule has 0 aliphatic heterocycles. The molecule has 0 bridgehead atoms. The van der Waals surface area contributed by atoms with Gasteiger partial charge in [-0.05, 0) is 46.0 Å². The van der Waals surface area contributed by atoms with E-state index >= 15 is 0 Å². The number of rotatable bonds is 6. The molecule has 4 rings (SSSR count). The van der Waals surface area contributed by atoms with Gasteiger partial charge in [0.15, 0.2) is 5.16 Å². The average Bonchev–Trinajstić information content (AvgIpc) is 3.23. The van der Waals surface area contributed by atoms with Gasteiger partial charge in [-0.3, -0.25) is 14.2 Å². The van der Waals surface area contributed by atoms with Crippen molar-refractivity contribution in [3.8, 4) is 5.75 Å². The summed E-state index contributed by atoms with van der Waals surface area (Å²) in [6.07, 6.45) is 0. The van der Waals surface area contributed by atoms with Crippen LogP contribution in [0.4, 0.5) is 0 Å². The van der Waals surface area contributed by atoms with E-state index in [-0.39, 0.29) is 17.2 Å². The van der Waals surface area contributed by atoms with Gasteiger partial charge in [0, 0.05) is 20.6 Å². The molecule has 0 spiro atoms. The van der Waals surface area contributed by atoms with Crippen LogP contribution in [0, 0.1) is 0 Å². The van der Waals surface area contributed by atoms with Gasteiger partial charge in [-0.1, -0.05) is 30.0 Å². The molecule has 4 aromatic rings. The van der Waals surface area contributed by atoms with Gasteiger partial charge in [0.05, 0.1) is 18.4 Å². The Morgan fingerprint density at radius 2 is 1.97 bits per heavy atom. The smallest absolute Gasteiger partial charge is 0.271 e. The van der Waals surface area contributed by atoms with Crippen molar-refractivity contribution in [2.24, 2.45) is 7.05 Å². The second-order valence-corrected chi connectivity index (χ2v) is 8.84. The maximum atomic E-state index is 12.7. The van der Waals surface area contributed by atoms with E-state index < -0.39 is 0 Å². The summed E-state index contributed by atoms with van der Waals surface area (Å²) < 4.78 is 7.41. The zero-order chi connectivity index (χ0) is 21.3. The predicted molar refractivity (Wildman–Crippen MR) is 123 cm³/mol. The number of carbonyl (C=O) groups is 1. The Hall–Kier alpha value is -2.84. The first-order chi connectivity index (χ1) is 14.5. The SMILES string of the molecule is COc1ccc2cc(CN(C)C(=O)CSc3nc4ccsc4c(=O)n3C)ccc2c1. The summed E-state index contributed by atoms with van der Waals surface area (Å²) in [4.78, 5) is 31.3. The van der Waals surface area contributed by atoms with Gasteiger partial charge in [0.2, 0.25) is 5.91 Å². The van der Waals surface area contributed by atoms with Crippen molar-refractivity contribution < 1.29 is 9.53 Å². The third kappa shape index (κ3) is 4.06. The van der Waals surface area contributed by atoms with Crippen LogP contribution in [0.3, 0.4) is 0 Å². The zero-order valence-electron chi connectivity index (χ0n) is 16.9. The quantitative estimate of drug-likeness (QED) is 0.337. The Morgan fingerprint density at radius 3 is 2.77 bits per heavy atom. The molecule has 0 N–H and O–H groups in total. The van der Waals surface area contributed by atoms with Crippen molar-refractivity contribution in [1.29, 1.82) is 0 Å². The van der Waals surface area contributed by atoms with E-state index in [0.29, 0.717) is 21.9 Å². The fourth-order valence-electron chi connectivity index (χ4n) is 3.19. The van der Waals surface area contributed by atoms with E-state index in [2.05, 4.69) is 11.1 Å². The predicted octanol–water partition coefficient (Wildman–Crippen LogP) is 3.91. The lowest BCUT2D eigenvalue weighted by molar-refractivity contribution is -0.127. The second kappa shape index (κ2) is 8.49. The van der Waals surface area contributed by atoms with Gasteiger partial charge in [-0.15, -0.1) is 11.3 Å². The molecule has 0 fully saturated rings. The van der Waals surface area contributed by atoms with Crippen LogP contribution in [0.2, 0.25) is 0 Å². The lowest BCUT2D eigenvalue weighted by atomic mass is 10.1. The number of amides is 1. The van der Waals surface area contributed by atoms with E-state index in [4.69, 9.17) is 4.74 Å². The van der Waals surface area contributed by atoms with Crippen LogP contribution < -0.4 is 10.3 Å². The maximum Gasteiger partial charge on any atom is 0.271 e. The van der Waals surface area contributed by atoms with E-state index in [9.17, 15) is 9.59 Å². The summed E-state index contributed by atoms with van der Waals surface area (Å²) in [6.45, 7) is 0.511. The number of thioether (sulfide) groups is 1. The van der Waals surface area contributed by atoms with E-state index in [1.807, 2.05) is 41.8 Å². The number of nitrogens with zero attached hydrogens (tertiary/aromatic N) is 3. The Balaban J connectivity index is 1.43. The van der Waals surface area contributed by atoms with Crippen molar-refractivity contribution >= 4 is 50.0 Å². The third-order valence-corrected chi connectivity index (χ3v) is 6.83. The molecule has 0 aliphatic carbocycles. The number of hydrogen-bond acceptors (Lipinski definition) is 6. The highest BCUT2D eigenvalue weighted by Gasteiger charge is 2.14. The van der Waals surface area contributed by atoms with Gasteiger partial charge >= 0.3 is 0 Å². The molecule has 0 aliphatic rings. The number of carbonyl (C=O) groups excluding carboxylic acids is 1. The number of methoxy groups -OCH3 is 1. The molecule has 6 nitrogen and oxygen atoms in total. The maximum absolute atomic E-state index is 12.7. The minimum absolute atomic E-state index is 0.0190. The number of ether oxygens (including phenoxy) is 1. The summed E-state index contributed by atoms with van der Waals surface area (Å²) in [5.74, 6) is 1.02. The highest BCUT2D eigenvalue weighted by molar-refractivity contribution is 7.99. The second-order valence-electron chi connectivity index (χ2n) is 6.98. The molecule has 0 unspecified atom stereocenters. The van der Waals surface area contributed by atoms with Crippen molar-refractivity contribution in [1.82, 2.24) is 14.5 Å². The molecule has 2 aromatic carbocycles. The van der Waals surface area contributed by atoms with Crippen molar-refractivity contribution in [2.75, 3.05) is 19.9 Å². The molecule has 30 heavy (non-hydrogen) atoms. The lowest BCUT2D eigenvalue weighted by Crippen LogP contribution is -2.28. The van der Waals surface area contributed by atoms with Crippen molar-refractivity contribution in [3.05, 3.63) is 63.8 Å². The van der Waals surface area contributed by atoms with Crippen LogP contribution in [0.1, 0.15) is 5.56 Å². The fourth-order valence-corrected chi connectivity index (χ4v) is 4.91. The molecule has 0 saturated heterocycles. The first kappa shape index (κ1) is 20.4. The average molecular weight is 440 g/mol. The van der Waals surface area contributed by atoms with Crippen LogP contribution in [0.25, 0.3) is 21.0 Å². The topological polar surface area (TPSA) is 64.4 Å². The first-order valence-corrected chi connectivity index (χ1v) is 11.2. The van der Waals surface area contributed by atoms with Crippen LogP contribution >= 0.6 is 23.1 Å². The summed E-state index contributed by atoms with van der Waals surface area (Å²) in [6, 6.07) is 13.9. The molecule has 0 atom stereocenters. The number of hydrogen-bond donors (Lipinski definition) is 0. The van der Waals surface area contributed by atoms with Crippen LogP contribution in [0.5, 0.6) is 5.75 Å². The van der Waals surface area contributed by atoms with Gasteiger partial charge in [-0.2, -0.15) is 0 Å². The Labute approximate surface area is 182 Å². The molecule has 8 heteroatoms. The number of fused-ring (bicyclic) bond motifs is 2. The van der Waals surface area contributed by atoms with Gasteiger partial charge in [0.1, 0.15) is 10.4 Å². The van der Waals surface area contributed by atoms with Crippen LogP contribution in [0.15, 0.2) is 57.8 Å². The number of benzene rings is 2. The fraction of sp³-hybridized carbons (Fsp3) is 0.227.